The molecule has 1 saturated heterocycles. The van der Waals surface area contributed by atoms with Gasteiger partial charge in [0.1, 0.15) is 0 Å². The van der Waals surface area contributed by atoms with Crippen LogP contribution in [0.3, 0.4) is 0 Å². The molecule has 1 unspecified atom stereocenters. The first-order valence-electron chi connectivity index (χ1n) is 7.53. The van der Waals surface area contributed by atoms with Crippen molar-refractivity contribution in [2.75, 3.05) is 51.3 Å². The largest absolute Gasteiger partial charge is 0.385 e. The van der Waals surface area contributed by atoms with E-state index >= 15 is 0 Å². The number of piperazine rings is 1. The van der Waals surface area contributed by atoms with Gasteiger partial charge in [-0.05, 0) is 37.6 Å². The van der Waals surface area contributed by atoms with Crippen LogP contribution in [-0.4, -0.2) is 56.9 Å². The van der Waals surface area contributed by atoms with Crippen LogP contribution in [0.15, 0.2) is 24.3 Å². The summed E-state index contributed by atoms with van der Waals surface area (Å²) >= 11 is 5.95. The quantitative estimate of drug-likeness (QED) is 0.874. The Labute approximate surface area is 132 Å². The number of benzene rings is 1. The second-order valence-corrected chi connectivity index (χ2v) is 6.33. The summed E-state index contributed by atoms with van der Waals surface area (Å²) < 4.78 is 5.23. The second kappa shape index (κ2) is 7.45. The number of hydrogen-bond acceptors (Lipinski definition) is 4. The monoisotopic (exact) mass is 311 g/mol. The van der Waals surface area contributed by atoms with Crippen LogP contribution in [-0.2, 0) is 4.74 Å². The lowest BCUT2D eigenvalue weighted by Crippen LogP contribution is -2.59. The highest BCUT2D eigenvalue weighted by atomic mass is 35.5. The average Bonchev–Trinajstić information content (AvgIpc) is 2.53. The van der Waals surface area contributed by atoms with Gasteiger partial charge in [0.2, 0.25) is 0 Å². The fraction of sp³-hybridized carbons (Fsp3) is 0.625. The van der Waals surface area contributed by atoms with Crippen LogP contribution in [0.25, 0.3) is 0 Å². The van der Waals surface area contributed by atoms with Crippen molar-refractivity contribution in [1.29, 1.82) is 0 Å². The van der Waals surface area contributed by atoms with Crippen LogP contribution in [0.2, 0.25) is 5.02 Å². The van der Waals surface area contributed by atoms with Crippen LogP contribution in [0.5, 0.6) is 0 Å². The summed E-state index contributed by atoms with van der Waals surface area (Å²) in [6.07, 6.45) is 0.973. The van der Waals surface area contributed by atoms with Crippen LogP contribution in [0, 0.1) is 0 Å². The first kappa shape index (κ1) is 16.6. The average molecular weight is 312 g/mol. The van der Waals surface area contributed by atoms with Crippen molar-refractivity contribution in [1.82, 2.24) is 4.90 Å². The molecule has 0 aliphatic carbocycles. The summed E-state index contributed by atoms with van der Waals surface area (Å²) in [5.41, 5.74) is 7.29. The molecular weight excluding hydrogens is 286 g/mol. The first-order chi connectivity index (χ1) is 10.1. The molecule has 1 aliphatic heterocycles. The summed E-state index contributed by atoms with van der Waals surface area (Å²) in [4.78, 5) is 4.90. The van der Waals surface area contributed by atoms with E-state index in [9.17, 15) is 0 Å². The minimum Gasteiger partial charge on any atom is -0.385 e. The molecule has 1 atom stereocenters. The van der Waals surface area contributed by atoms with E-state index in [4.69, 9.17) is 22.1 Å². The predicted molar refractivity (Wildman–Crippen MR) is 89.2 cm³/mol. The van der Waals surface area contributed by atoms with Crippen molar-refractivity contribution in [2.24, 2.45) is 5.73 Å². The minimum atomic E-state index is 0.0299. The lowest BCUT2D eigenvalue weighted by atomic mass is 9.95. The molecule has 2 N–H and O–H groups in total. The van der Waals surface area contributed by atoms with E-state index in [1.54, 1.807) is 7.11 Å². The SMILES string of the molecule is COCCC(C)(CN)N1CCN(c2ccc(Cl)cc2)CC1. The Morgan fingerprint density at radius 1 is 1.19 bits per heavy atom. The van der Waals surface area contributed by atoms with Crippen molar-refractivity contribution in [2.45, 2.75) is 18.9 Å². The van der Waals surface area contributed by atoms with Crippen LogP contribution < -0.4 is 10.6 Å². The van der Waals surface area contributed by atoms with Gasteiger partial charge in [-0.15, -0.1) is 0 Å². The van der Waals surface area contributed by atoms with Gasteiger partial charge >= 0.3 is 0 Å². The van der Waals surface area contributed by atoms with E-state index in [-0.39, 0.29) is 5.54 Å². The summed E-state index contributed by atoms with van der Waals surface area (Å²) in [5, 5.41) is 0.785. The topological polar surface area (TPSA) is 41.7 Å². The molecule has 0 saturated carbocycles. The molecule has 0 radical (unpaired) electrons. The van der Waals surface area contributed by atoms with Gasteiger partial charge < -0.3 is 15.4 Å². The summed E-state index contributed by atoms with van der Waals surface area (Å²) in [6, 6.07) is 8.08. The van der Waals surface area contributed by atoms with Gasteiger partial charge in [0.25, 0.3) is 0 Å². The highest BCUT2D eigenvalue weighted by Gasteiger charge is 2.32. The maximum atomic E-state index is 6.02. The molecule has 1 aromatic carbocycles. The number of nitrogens with two attached hydrogens (primary N) is 1. The number of rotatable bonds is 6. The van der Waals surface area contributed by atoms with Gasteiger partial charge in [-0.1, -0.05) is 11.6 Å². The summed E-state index contributed by atoms with van der Waals surface area (Å²) in [5.74, 6) is 0. The summed E-state index contributed by atoms with van der Waals surface area (Å²) in [7, 11) is 1.75. The number of nitrogens with zero attached hydrogens (tertiary/aromatic N) is 2. The number of halogens is 1. The third kappa shape index (κ3) is 4.10. The molecule has 1 aromatic rings. The fourth-order valence-corrected chi connectivity index (χ4v) is 2.99. The lowest BCUT2D eigenvalue weighted by Gasteiger charge is -2.46. The molecule has 21 heavy (non-hydrogen) atoms. The highest BCUT2D eigenvalue weighted by molar-refractivity contribution is 6.30. The standard InChI is InChI=1S/C16H26ClN3O/c1-16(13-18,7-12-21-2)20-10-8-19(9-11-20)15-5-3-14(17)4-6-15/h3-6H,7-13,18H2,1-2H3. The maximum absolute atomic E-state index is 6.02. The Bertz CT molecular complexity index is 432. The van der Waals surface area contributed by atoms with Gasteiger partial charge in [0, 0.05) is 62.7 Å². The molecule has 118 valence electrons. The molecule has 0 bridgehead atoms. The third-order valence-corrected chi connectivity index (χ3v) is 4.77. The number of methoxy groups -OCH3 is 1. The fourth-order valence-electron chi connectivity index (χ4n) is 2.87. The zero-order chi connectivity index (χ0) is 15.3. The molecule has 1 heterocycles. The van der Waals surface area contributed by atoms with Gasteiger partial charge in [-0.25, -0.2) is 0 Å². The van der Waals surface area contributed by atoms with E-state index in [1.165, 1.54) is 5.69 Å². The Kier molecular flexibility index (Phi) is 5.88. The van der Waals surface area contributed by atoms with Crippen LogP contribution in [0.4, 0.5) is 5.69 Å². The third-order valence-electron chi connectivity index (χ3n) is 4.52. The Morgan fingerprint density at radius 2 is 1.81 bits per heavy atom. The van der Waals surface area contributed by atoms with E-state index < -0.39 is 0 Å². The van der Waals surface area contributed by atoms with Gasteiger partial charge in [-0.2, -0.15) is 0 Å². The molecule has 0 amide bonds. The number of anilines is 1. The smallest absolute Gasteiger partial charge is 0.0480 e. The normalized spacial score (nSPS) is 19.5. The van der Waals surface area contributed by atoms with Crippen molar-refractivity contribution in [3.8, 4) is 0 Å². The van der Waals surface area contributed by atoms with Gasteiger partial charge in [-0.3, -0.25) is 4.90 Å². The molecule has 1 fully saturated rings. The minimum absolute atomic E-state index is 0.0299. The lowest BCUT2D eigenvalue weighted by molar-refractivity contribution is 0.0638. The van der Waals surface area contributed by atoms with Gasteiger partial charge in [0.05, 0.1) is 0 Å². The van der Waals surface area contributed by atoms with E-state index in [1.807, 2.05) is 12.1 Å². The Balaban J connectivity index is 1.94. The Hall–Kier alpha value is -0.810. The molecule has 0 spiro atoms. The predicted octanol–water partition coefficient (Wildman–Crippen LogP) is 2.22. The van der Waals surface area contributed by atoms with Crippen molar-refractivity contribution < 1.29 is 4.74 Å². The zero-order valence-corrected chi connectivity index (χ0v) is 13.8. The van der Waals surface area contributed by atoms with Gasteiger partial charge in [0.15, 0.2) is 0 Å². The van der Waals surface area contributed by atoms with Crippen LogP contribution >= 0.6 is 11.6 Å². The molecule has 5 heteroatoms. The van der Waals surface area contributed by atoms with E-state index in [2.05, 4.69) is 28.9 Å². The molecule has 4 nitrogen and oxygen atoms in total. The van der Waals surface area contributed by atoms with E-state index in [0.717, 1.165) is 44.2 Å². The molecular formula is C16H26ClN3O. The first-order valence-corrected chi connectivity index (χ1v) is 7.91. The zero-order valence-electron chi connectivity index (χ0n) is 13.0. The highest BCUT2D eigenvalue weighted by Crippen LogP contribution is 2.24. The molecule has 0 aromatic heterocycles. The van der Waals surface area contributed by atoms with Crippen molar-refractivity contribution in [3.63, 3.8) is 0 Å². The van der Waals surface area contributed by atoms with Crippen molar-refractivity contribution in [3.05, 3.63) is 29.3 Å². The Morgan fingerprint density at radius 3 is 2.33 bits per heavy atom. The van der Waals surface area contributed by atoms with E-state index in [0.29, 0.717) is 6.54 Å². The van der Waals surface area contributed by atoms with Crippen molar-refractivity contribution >= 4 is 17.3 Å². The molecule has 2 rings (SSSR count). The number of hydrogen-bond donors (Lipinski definition) is 1. The maximum Gasteiger partial charge on any atom is 0.0480 e. The molecule has 1 aliphatic rings. The van der Waals surface area contributed by atoms with Crippen LogP contribution in [0.1, 0.15) is 13.3 Å². The second-order valence-electron chi connectivity index (χ2n) is 5.89. The summed E-state index contributed by atoms with van der Waals surface area (Å²) in [6.45, 7) is 7.75. The number of ether oxygens (including phenoxy) is 1.